The Morgan fingerprint density at radius 1 is 0.966 bits per heavy atom. The van der Waals surface area contributed by atoms with Gasteiger partial charge in [-0.2, -0.15) is 0 Å². The molecule has 1 atom stereocenters. The van der Waals surface area contributed by atoms with Crippen molar-refractivity contribution in [1.82, 2.24) is 15.5 Å². The van der Waals surface area contributed by atoms with E-state index in [1.54, 1.807) is 0 Å². The monoisotopic (exact) mass is 408 g/mol. The van der Waals surface area contributed by atoms with Gasteiger partial charge in [-0.3, -0.25) is 9.59 Å². The molecule has 0 aliphatic heterocycles. The molecule has 150 valence electrons. The molecule has 2 amide bonds. The van der Waals surface area contributed by atoms with E-state index in [9.17, 15) is 9.59 Å². The first kappa shape index (κ1) is 20.7. The lowest BCUT2D eigenvalue weighted by molar-refractivity contribution is -0.121. The SMILES string of the molecule is C[C@H](CCc1ccccc1)NC(=O)CCc1nnc(C(=O)Nc2ccccc2)s1. The first-order chi connectivity index (χ1) is 14.1. The van der Waals surface area contributed by atoms with Gasteiger partial charge in [-0.1, -0.05) is 59.9 Å². The minimum atomic E-state index is -0.293. The molecule has 0 fully saturated rings. The zero-order valence-corrected chi connectivity index (χ0v) is 17.1. The van der Waals surface area contributed by atoms with E-state index in [4.69, 9.17) is 0 Å². The molecule has 3 rings (SSSR count). The van der Waals surface area contributed by atoms with Gasteiger partial charge in [0.15, 0.2) is 0 Å². The van der Waals surface area contributed by atoms with E-state index < -0.39 is 0 Å². The molecule has 7 heteroatoms. The lowest BCUT2D eigenvalue weighted by Crippen LogP contribution is -2.33. The topological polar surface area (TPSA) is 84.0 Å². The summed E-state index contributed by atoms with van der Waals surface area (Å²) in [6.07, 6.45) is 2.61. The fourth-order valence-corrected chi connectivity index (χ4v) is 3.55. The van der Waals surface area contributed by atoms with Crippen LogP contribution >= 0.6 is 11.3 Å². The molecule has 6 nitrogen and oxygen atoms in total. The molecule has 0 aliphatic rings. The van der Waals surface area contributed by atoms with Crippen LogP contribution in [-0.2, 0) is 17.6 Å². The standard InChI is InChI=1S/C22H24N4O2S/c1-16(12-13-17-8-4-2-5-9-17)23-19(27)14-15-20-25-26-22(29-20)21(28)24-18-10-6-3-7-11-18/h2-11,16H,12-15H2,1H3,(H,23,27)(H,24,28)/t16-/m1/s1. The smallest absolute Gasteiger partial charge is 0.286 e. The fourth-order valence-electron chi connectivity index (χ4n) is 2.82. The number of aromatic nitrogens is 2. The predicted molar refractivity (Wildman–Crippen MR) is 115 cm³/mol. The number of rotatable bonds is 9. The number of carbonyl (C=O) groups excluding carboxylic acids is 2. The van der Waals surface area contributed by atoms with Crippen molar-refractivity contribution >= 4 is 28.8 Å². The Morgan fingerprint density at radius 2 is 1.66 bits per heavy atom. The maximum absolute atomic E-state index is 12.2. The van der Waals surface area contributed by atoms with Crippen LogP contribution in [0.2, 0.25) is 0 Å². The second-order valence-electron chi connectivity index (χ2n) is 6.81. The molecular weight excluding hydrogens is 384 g/mol. The second kappa shape index (κ2) is 10.5. The van der Waals surface area contributed by atoms with Gasteiger partial charge in [-0.15, -0.1) is 10.2 Å². The summed E-state index contributed by atoms with van der Waals surface area (Å²) in [4.78, 5) is 24.4. The summed E-state index contributed by atoms with van der Waals surface area (Å²) in [5.41, 5.74) is 1.97. The number of hydrogen-bond acceptors (Lipinski definition) is 5. The summed E-state index contributed by atoms with van der Waals surface area (Å²) in [7, 11) is 0. The summed E-state index contributed by atoms with van der Waals surface area (Å²) >= 11 is 1.21. The molecule has 1 aromatic heterocycles. The van der Waals surface area contributed by atoms with Crippen molar-refractivity contribution in [3.63, 3.8) is 0 Å². The number of nitrogens with zero attached hydrogens (tertiary/aromatic N) is 2. The Kier molecular flexibility index (Phi) is 7.47. The molecule has 1 heterocycles. The van der Waals surface area contributed by atoms with Gasteiger partial charge in [0.2, 0.25) is 10.9 Å². The highest BCUT2D eigenvalue weighted by atomic mass is 32.1. The Bertz CT molecular complexity index is 928. The highest BCUT2D eigenvalue weighted by molar-refractivity contribution is 7.13. The Morgan fingerprint density at radius 3 is 2.38 bits per heavy atom. The zero-order valence-electron chi connectivity index (χ0n) is 16.3. The highest BCUT2D eigenvalue weighted by Crippen LogP contribution is 2.14. The van der Waals surface area contributed by atoms with E-state index in [1.165, 1.54) is 16.9 Å². The normalized spacial score (nSPS) is 11.6. The van der Waals surface area contributed by atoms with E-state index in [0.717, 1.165) is 12.8 Å². The minimum absolute atomic E-state index is 0.0175. The molecule has 0 saturated carbocycles. The van der Waals surface area contributed by atoms with Gasteiger partial charge in [0.25, 0.3) is 5.91 Å². The second-order valence-corrected chi connectivity index (χ2v) is 7.88. The van der Waals surface area contributed by atoms with Crippen LogP contribution in [0.15, 0.2) is 60.7 Å². The van der Waals surface area contributed by atoms with Gasteiger partial charge in [0.1, 0.15) is 5.01 Å². The summed E-state index contributed by atoms with van der Waals surface area (Å²) in [5, 5.41) is 14.7. The molecule has 0 spiro atoms. The van der Waals surface area contributed by atoms with Crippen molar-refractivity contribution in [1.29, 1.82) is 0 Å². The Hall–Kier alpha value is -3.06. The maximum Gasteiger partial charge on any atom is 0.286 e. The van der Waals surface area contributed by atoms with E-state index in [-0.39, 0.29) is 17.9 Å². The van der Waals surface area contributed by atoms with Crippen molar-refractivity contribution in [3.05, 3.63) is 76.2 Å². The molecule has 0 unspecified atom stereocenters. The number of anilines is 1. The van der Waals surface area contributed by atoms with Crippen LogP contribution in [0.4, 0.5) is 5.69 Å². The molecule has 0 aliphatic carbocycles. The molecular formula is C22H24N4O2S. The largest absolute Gasteiger partial charge is 0.354 e. The van der Waals surface area contributed by atoms with Crippen LogP contribution in [0.5, 0.6) is 0 Å². The van der Waals surface area contributed by atoms with Crippen LogP contribution < -0.4 is 10.6 Å². The van der Waals surface area contributed by atoms with E-state index in [1.807, 2.05) is 55.5 Å². The van der Waals surface area contributed by atoms with E-state index in [2.05, 4.69) is 33.0 Å². The molecule has 29 heavy (non-hydrogen) atoms. The van der Waals surface area contributed by atoms with Gasteiger partial charge in [0, 0.05) is 24.6 Å². The third-order valence-electron chi connectivity index (χ3n) is 4.37. The number of hydrogen-bond donors (Lipinski definition) is 2. The van der Waals surface area contributed by atoms with Gasteiger partial charge < -0.3 is 10.6 Å². The van der Waals surface area contributed by atoms with Crippen molar-refractivity contribution in [3.8, 4) is 0 Å². The summed E-state index contributed by atoms with van der Waals surface area (Å²) in [5.74, 6) is -0.310. The van der Waals surface area contributed by atoms with Gasteiger partial charge in [-0.25, -0.2) is 0 Å². The van der Waals surface area contributed by atoms with Crippen molar-refractivity contribution in [2.75, 3.05) is 5.32 Å². The van der Waals surface area contributed by atoms with Crippen LogP contribution in [0.25, 0.3) is 0 Å². The first-order valence-electron chi connectivity index (χ1n) is 9.62. The van der Waals surface area contributed by atoms with Crippen LogP contribution in [0, 0.1) is 0 Å². The fraction of sp³-hybridized carbons (Fsp3) is 0.273. The Labute approximate surface area is 174 Å². The van der Waals surface area contributed by atoms with Gasteiger partial charge in [-0.05, 0) is 37.5 Å². The lowest BCUT2D eigenvalue weighted by Gasteiger charge is -2.13. The molecule has 2 aromatic carbocycles. The molecule has 3 aromatic rings. The average molecular weight is 409 g/mol. The Balaban J connectivity index is 1.40. The summed E-state index contributed by atoms with van der Waals surface area (Å²) < 4.78 is 0. The maximum atomic E-state index is 12.2. The number of aryl methyl sites for hydroxylation is 2. The number of para-hydroxylation sites is 1. The molecule has 0 bridgehead atoms. The average Bonchev–Trinajstić information content (AvgIpc) is 3.22. The molecule has 2 N–H and O–H groups in total. The van der Waals surface area contributed by atoms with Crippen LogP contribution in [-0.4, -0.2) is 28.1 Å². The molecule has 0 radical (unpaired) electrons. The quantitative estimate of drug-likeness (QED) is 0.563. The third-order valence-corrected chi connectivity index (χ3v) is 5.36. The van der Waals surface area contributed by atoms with Crippen molar-refractivity contribution in [2.45, 2.75) is 38.6 Å². The minimum Gasteiger partial charge on any atom is -0.354 e. The number of amides is 2. The predicted octanol–water partition coefficient (Wildman–Crippen LogP) is 3.86. The van der Waals surface area contributed by atoms with Gasteiger partial charge >= 0.3 is 0 Å². The van der Waals surface area contributed by atoms with Crippen molar-refractivity contribution < 1.29 is 9.59 Å². The lowest BCUT2D eigenvalue weighted by atomic mass is 10.1. The molecule has 0 saturated heterocycles. The zero-order chi connectivity index (χ0) is 20.5. The van der Waals surface area contributed by atoms with Crippen LogP contribution in [0.3, 0.4) is 0 Å². The van der Waals surface area contributed by atoms with E-state index >= 15 is 0 Å². The number of carbonyl (C=O) groups is 2. The first-order valence-corrected chi connectivity index (χ1v) is 10.4. The van der Waals surface area contributed by atoms with E-state index in [0.29, 0.717) is 28.5 Å². The number of benzene rings is 2. The van der Waals surface area contributed by atoms with Crippen molar-refractivity contribution in [2.24, 2.45) is 0 Å². The summed E-state index contributed by atoms with van der Waals surface area (Å²) in [6, 6.07) is 19.5. The highest BCUT2D eigenvalue weighted by Gasteiger charge is 2.14. The summed E-state index contributed by atoms with van der Waals surface area (Å²) in [6.45, 7) is 2.01. The number of nitrogens with one attached hydrogen (secondary N) is 2. The third kappa shape index (κ3) is 6.80. The van der Waals surface area contributed by atoms with Crippen LogP contribution in [0.1, 0.15) is 40.1 Å². The van der Waals surface area contributed by atoms with Gasteiger partial charge in [0.05, 0.1) is 0 Å².